The van der Waals surface area contributed by atoms with Crippen molar-refractivity contribution in [2.75, 3.05) is 13.1 Å². The van der Waals surface area contributed by atoms with Crippen molar-refractivity contribution in [2.24, 2.45) is 17.6 Å². The van der Waals surface area contributed by atoms with E-state index in [4.69, 9.17) is 5.73 Å². The van der Waals surface area contributed by atoms with Crippen LogP contribution in [0.4, 0.5) is 0 Å². The van der Waals surface area contributed by atoms with Gasteiger partial charge in [-0.25, -0.2) is 4.98 Å². The lowest BCUT2D eigenvalue weighted by atomic mass is 9.99. The third kappa shape index (κ3) is 2.09. The maximum Gasteiger partial charge on any atom is 0.273 e. The SMILES string of the molecule is Cc1nc(C(=O)N2C[C@H](C3CC3)[C@@H](N)C2)cs1. The number of rotatable bonds is 2. The lowest BCUT2D eigenvalue weighted by molar-refractivity contribution is 0.0779. The molecule has 1 aliphatic carbocycles. The van der Waals surface area contributed by atoms with E-state index in [-0.39, 0.29) is 11.9 Å². The Morgan fingerprint density at radius 3 is 2.88 bits per heavy atom. The average Bonchev–Trinajstić information content (AvgIpc) is 2.94. The van der Waals surface area contributed by atoms with Crippen molar-refractivity contribution >= 4 is 17.2 Å². The molecule has 2 aliphatic rings. The van der Waals surface area contributed by atoms with E-state index in [1.54, 1.807) is 0 Å². The number of likely N-dealkylation sites (tertiary alicyclic amines) is 1. The first-order valence-electron chi connectivity index (χ1n) is 6.12. The summed E-state index contributed by atoms with van der Waals surface area (Å²) in [5.41, 5.74) is 6.70. The third-order valence-electron chi connectivity index (χ3n) is 3.77. The Morgan fingerprint density at radius 2 is 2.29 bits per heavy atom. The topological polar surface area (TPSA) is 59.2 Å². The molecule has 3 rings (SSSR count). The molecular formula is C12H17N3OS. The maximum atomic E-state index is 12.2. The summed E-state index contributed by atoms with van der Waals surface area (Å²) in [4.78, 5) is 18.3. The molecule has 1 aromatic rings. The minimum atomic E-state index is 0.0490. The minimum Gasteiger partial charge on any atom is -0.335 e. The molecule has 1 aromatic heterocycles. The fraction of sp³-hybridized carbons (Fsp3) is 0.667. The second-order valence-corrected chi connectivity index (χ2v) is 6.19. The Kier molecular flexibility index (Phi) is 2.67. The van der Waals surface area contributed by atoms with Gasteiger partial charge in [0.25, 0.3) is 5.91 Å². The first-order valence-corrected chi connectivity index (χ1v) is 7.00. The zero-order valence-electron chi connectivity index (χ0n) is 9.93. The van der Waals surface area contributed by atoms with Gasteiger partial charge >= 0.3 is 0 Å². The Hall–Kier alpha value is -0.940. The second-order valence-electron chi connectivity index (χ2n) is 5.13. The summed E-state index contributed by atoms with van der Waals surface area (Å²) in [7, 11) is 0. The summed E-state index contributed by atoms with van der Waals surface area (Å²) < 4.78 is 0. The molecule has 1 aliphatic heterocycles. The predicted molar refractivity (Wildman–Crippen MR) is 66.9 cm³/mol. The van der Waals surface area contributed by atoms with Crippen LogP contribution in [0.1, 0.15) is 28.3 Å². The molecule has 2 heterocycles. The molecular weight excluding hydrogens is 234 g/mol. The first kappa shape index (κ1) is 11.2. The molecule has 0 radical (unpaired) electrons. The van der Waals surface area contributed by atoms with E-state index in [1.807, 2.05) is 17.2 Å². The molecule has 4 nitrogen and oxygen atoms in total. The van der Waals surface area contributed by atoms with Crippen LogP contribution in [0.25, 0.3) is 0 Å². The van der Waals surface area contributed by atoms with Gasteiger partial charge in [0.15, 0.2) is 0 Å². The van der Waals surface area contributed by atoms with Gasteiger partial charge in [0.1, 0.15) is 5.69 Å². The smallest absolute Gasteiger partial charge is 0.273 e. The molecule has 2 N–H and O–H groups in total. The van der Waals surface area contributed by atoms with Gasteiger partial charge in [-0.2, -0.15) is 0 Å². The number of hydrogen-bond acceptors (Lipinski definition) is 4. The van der Waals surface area contributed by atoms with Crippen LogP contribution in [0.2, 0.25) is 0 Å². The van der Waals surface area contributed by atoms with Crippen molar-refractivity contribution in [3.05, 3.63) is 16.1 Å². The molecule has 1 saturated heterocycles. The zero-order chi connectivity index (χ0) is 12.0. The first-order chi connectivity index (χ1) is 8.15. The quantitative estimate of drug-likeness (QED) is 0.861. The maximum absolute atomic E-state index is 12.2. The normalized spacial score (nSPS) is 28.7. The number of nitrogens with two attached hydrogens (primary N) is 1. The van der Waals surface area contributed by atoms with Crippen molar-refractivity contribution in [3.63, 3.8) is 0 Å². The van der Waals surface area contributed by atoms with Crippen molar-refractivity contribution in [1.82, 2.24) is 9.88 Å². The van der Waals surface area contributed by atoms with Crippen molar-refractivity contribution in [2.45, 2.75) is 25.8 Å². The van der Waals surface area contributed by atoms with E-state index in [1.165, 1.54) is 24.2 Å². The number of amides is 1. The van der Waals surface area contributed by atoms with Gasteiger partial charge in [-0.1, -0.05) is 0 Å². The third-order valence-corrected chi connectivity index (χ3v) is 4.54. The van der Waals surface area contributed by atoms with Gasteiger partial charge in [-0.15, -0.1) is 11.3 Å². The minimum absolute atomic E-state index is 0.0490. The summed E-state index contributed by atoms with van der Waals surface area (Å²) in [5.74, 6) is 1.33. The highest BCUT2D eigenvalue weighted by Crippen LogP contribution is 2.41. The number of aromatic nitrogens is 1. The molecule has 0 unspecified atom stereocenters. The fourth-order valence-electron chi connectivity index (χ4n) is 2.67. The molecule has 0 spiro atoms. The molecule has 1 amide bonds. The summed E-state index contributed by atoms with van der Waals surface area (Å²) in [6.45, 7) is 3.43. The highest BCUT2D eigenvalue weighted by molar-refractivity contribution is 7.09. The summed E-state index contributed by atoms with van der Waals surface area (Å²) in [6.07, 6.45) is 2.58. The number of hydrogen-bond donors (Lipinski definition) is 1. The Morgan fingerprint density at radius 1 is 1.53 bits per heavy atom. The number of thiazole rings is 1. The van der Waals surface area contributed by atoms with Crippen LogP contribution in [0.5, 0.6) is 0 Å². The van der Waals surface area contributed by atoms with E-state index in [9.17, 15) is 4.79 Å². The van der Waals surface area contributed by atoms with Crippen LogP contribution in [0.15, 0.2) is 5.38 Å². The lowest BCUT2D eigenvalue weighted by Gasteiger charge is -2.14. The second kappa shape index (κ2) is 4.07. The van der Waals surface area contributed by atoms with Gasteiger partial charge in [-0.3, -0.25) is 4.79 Å². The highest BCUT2D eigenvalue weighted by Gasteiger charge is 2.42. The average molecular weight is 251 g/mol. The Balaban J connectivity index is 1.71. The van der Waals surface area contributed by atoms with E-state index in [0.717, 1.165) is 17.5 Å². The van der Waals surface area contributed by atoms with E-state index < -0.39 is 0 Å². The molecule has 0 aromatic carbocycles. The monoisotopic (exact) mass is 251 g/mol. The van der Waals surface area contributed by atoms with Crippen LogP contribution < -0.4 is 5.73 Å². The summed E-state index contributed by atoms with van der Waals surface area (Å²) in [6, 6.07) is 0.159. The van der Waals surface area contributed by atoms with E-state index >= 15 is 0 Å². The van der Waals surface area contributed by atoms with Crippen LogP contribution in [-0.2, 0) is 0 Å². The summed E-state index contributed by atoms with van der Waals surface area (Å²) >= 11 is 1.52. The van der Waals surface area contributed by atoms with Crippen molar-refractivity contribution < 1.29 is 4.79 Å². The number of carbonyl (C=O) groups is 1. The number of aryl methyl sites for hydroxylation is 1. The van der Waals surface area contributed by atoms with Crippen molar-refractivity contribution in [1.29, 1.82) is 0 Å². The van der Waals surface area contributed by atoms with Crippen LogP contribution in [-0.4, -0.2) is 34.9 Å². The van der Waals surface area contributed by atoms with Crippen LogP contribution in [0.3, 0.4) is 0 Å². The molecule has 0 bridgehead atoms. The van der Waals surface area contributed by atoms with Crippen LogP contribution in [0, 0.1) is 18.8 Å². The Bertz CT molecular complexity index is 441. The molecule has 5 heteroatoms. The fourth-order valence-corrected chi connectivity index (χ4v) is 3.25. The lowest BCUT2D eigenvalue weighted by Crippen LogP contribution is -2.32. The van der Waals surface area contributed by atoms with Crippen LogP contribution >= 0.6 is 11.3 Å². The largest absolute Gasteiger partial charge is 0.335 e. The molecule has 92 valence electrons. The van der Waals surface area contributed by atoms with Gasteiger partial charge in [0.2, 0.25) is 0 Å². The molecule has 17 heavy (non-hydrogen) atoms. The van der Waals surface area contributed by atoms with E-state index in [0.29, 0.717) is 18.2 Å². The zero-order valence-corrected chi connectivity index (χ0v) is 10.7. The highest BCUT2D eigenvalue weighted by atomic mass is 32.1. The van der Waals surface area contributed by atoms with Gasteiger partial charge in [0, 0.05) is 24.5 Å². The van der Waals surface area contributed by atoms with Crippen molar-refractivity contribution in [3.8, 4) is 0 Å². The number of carbonyl (C=O) groups excluding carboxylic acids is 1. The van der Waals surface area contributed by atoms with Gasteiger partial charge in [0.05, 0.1) is 5.01 Å². The molecule has 2 atom stereocenters. The Labute approximate surface area is 105 Å². The number of nitrogens with zero attached hydrogens (tertiary/aromatic N) is 2. The van der Waals surface area contributed by atoms with E-state index in [2.05, 4.69) is 4.98 Å². The van der Waals surface area contributed by atoms with Gasteiger partial charge in [-0.05, 0) is 31.6 Å². The summed E-state index contributed by atoms with van der Waals surface area (Å²) in [5, 5.41) is 2.78. The predicted octanol–water partition coefficient (Wildman–Crippen LogP) is 1.26. The standard InChI is InChI=1S/C12H17N3OS/c1-7-14-11(6-17-7)12(16)15-4-9(8-2-3-8)10(13)5-15/h6,8-10H,2-5,13H2,1H3/t9-,10+/m1/s1. The van der Waals surface area contributed by atoms with Gasteiger partial charge < -0.3 is 10.6 Å². The molecule has 1 saturated carbocycles. The molecule has 2 fully saturated rings.